The summed E-state index contributed by atoms with van der Waals surface area (Å²) in [5, 5.41) is 4.97. The summed E-state index contributed by atoms with van der Waals surface area (Å²) in [5.41, 5.74) is 3.64. The summed E-state index contributed by atoms with van der Waals surface area (Å²) in [6.07, 6.45) is 3.20. The predicted molar refractivity (Wildman–Crippen MR) is 199 cm³/mol. The van der Waals surface area contributed by atoms with Crippen LogP contribution in [0.3, 0.4) is 0 Å². The van der Waals surface area contributed by atoms with Crippen LogP contribution in [0.15, 0.2) is 124 Å². The van der Waals surface area contributed by atoms with Gasteiger partial charge in [0, 0.05) is 47.6 Å². The summed E-state index contributed by atoms with van der Waals surface area (Å²) in [6.45, 7) is -0.589. The Hall–Kier alpha value is -5.83. The number of aromatic nitrogens is 1. The summed E-state index contributed by atoms with van der Waals surface area (Å²) in [4.78, 5) is 51.1. The molecule has 6 rings (SSSR count). The molecule has 2 heterocycles. The van der Waals surface area contributed by atoms with Crippen molar-refractivity contribution in [3.63, 3.8) is 0 Å². The van der Waals surface area contributed by atoms with E-state index < -0.39 is 28.5 Å². The summed E-state index contributed by atoms with van der Waals surface area (Å²) in [6, 6.07) is 26.3. The minimum atomic E-state index is -3.85. The van der Waals surface area contributed by atoms with Crippen molar-refractivity contribution in [2.45, 2.75) is 4.90 Å². The Labute approximate surface area is 302 Å². The normalized spacial score (nSPS) is 13.5. The summed E-state index contributed by atoms with van der Waals surface area (Å²) in [7, 11) is 0.0392. The van der Waals surface area contributed by atoms with E-state index in [9.17, 15) is 22.8 Å². The van der Waals surface area contributed by atoms with E-state index in [1.807, 2.05) is 43.3 Å². The van der Waals surface area contributed by atoms with Gasteiger partial charge in [-0.05, 0) is 96.6 Å². The van der Waals surface area contributed by atoms with Crippen molar-refractivity contribution in [2.24, 2.45) is 4.99 Å². The molecule has 0 aliphatic carbocycles. The molecule has 15 heteroatoms. The Morgan fingerprint density at radius 2 is 1.63 bits per heavy atom. The van der Waals surface area contributed by atoms with Gasteiger partial charge in [-0.25, -0.2) is 23.2 Å². The first-order chi connectivity index (χ1) is 24.5. The van der Waals surface area contributed by atoms with E-state index in [0.29, 0.717) is 27.8 Å². The maximum Gasteiger partial charge on any atom is 0.338 e. The molecule has 5 aromatic rings. The second-order valence-electron chi connectivity index (χ2n) is 11.2. The highest BCUT2D eigenvalue weighted by Crippen LogP contribution is 2.29. The molecule has 2 amide bonds. The number of thiazole rings is 1. The van der Waals surface area contributed by atoms with Crippen LogP contribution in [0.4, 0.5) is 22.2 Å². The second-order valence-corrected chi connectivity index (χ2v) is 14.3. The number of aliphatic imine (C=N–C) groups is 1. The fourth-order valence-corrected chi connectivity index (χ4v) is 6.81. The van der Waals surface area contributed by atoms with Gasteiger partial charge in [0.1, 0.15) is 11.5 Å². The number of carbonyl (C=O) groups is 3. The van der Waals surface area contributed by atoms with E-state index in [-0.39, 0.29) is 27.2 Å². The molecule has 1 aliphatic heterocycles. The minimum absolute atomic E-state index is 0.0186. The van der Waals surface area contributed by atoms with Crippen LogP contribution in [0.5, 0.6) is 0 Å². The highest BCUT2D eigenvalue weighted by Gasteiger charge is 2.32. The molecule has 2 N–H and O–H groups in total. The molecule has 0 fully saturated rings. The topological polar surface area (TPSA) is 150 Å². The lowest BCUT2D eigenvalue weighted by atomic mass is 10.1. The standard InChI is InChI=1S/C36H29ClN6O6S2/c1-42(2)28-13-3-23(4-14-28)21-31-34(45)43(33(40-31)24-5-9-26(37)10-6-24)29-15-7-25(8-16-29)35(46)49-22-32(44)39-27-11-17-30(18-12-27)51(47,48)41-36-38-19-20-50-36/h3-21H,22H2,1-2H3,(H,38,41)(H,39,44)/b31-21-. The number of hydrogen-bond donors (Lipinski definition) is 2. The van der Waals surface area contributed by atoms with E-state index in [1.165, 1.54) is 47.5 Å². The Kier molecular flexibility index (Phi) is 10.3. The first-order valence-corrected chi connectivity index (χ1v) is 18.0. The van der Waals surface area contributed by atoms with Crippen LogP contribution in [0.1, 0.15) is 21.5 Å². The Balaban J connectivity index is 1.11. The fraction of sp³-hybridized carbons (Fsp3) is 0.0833. The molecule has 0 saturated carbocycles. The predicted octanol–water partition coefficient (Wildman–Crippen LogP) is 6.29. The highest BCUT2D eigenvalue weighted by atomic mass is 35.5. The number of benzene rings is 4. The maximum absolute atomic E-state index is 13.8. The number of carbonyl (C=O) groups excluding carboxylic acids is 3. The van der Waals surface area contributed by atoms with E-state index in [1.54, 1.807) is 47.9 Å². The fourth-order valence-electron chi connectivity index (χ4n) is 4.90. The van der Waals surface area contributed by atoms with Gasteiger partial charge in [0.2, 0.25) is 0 Å². The summed E-state index contributed by atoms with van der Waals surface area (Å²) >= 11 is 7.26. The van der Waals surface area contributed by atoms with E-state index in [2.05, 4.69) is 20.0 Å². The van der Waals surface area contributed by atoms with E-state index in [0.717, 1.165) is 22.6 Å². The zero-order chi connectivity index (χ0) is 36.1. The monoisotopic (exact) mass is 740 g/mol. The lowest BCUT2D eigenvalue weighted by Gasteiger charge is -2.19. The molecule has 0 saturated heterocycles. The van der Waals surface area contributed by atoms with Gasteiger partial charge in [0.25, 0.3) is 21.8 Å². The Morgan fingerprint density at radius 1 is 0.941 bits per heavy atom. The van der Waals surface area contributed by atoms with Gasteiger partial charge in [-0.2, -0.15) is 0 Å². The summed E-state index contributed by atoms with van der Waals surface area (Å²) in [5.74, 6) is -1.35. The molecular weight excluding hydrogens is 712 g/mol. The Bertz CT molecular complexity index is 2240. The van der Waals surface area contributed by atoms with Crippen LogP contribution in [0.25, 0.3) is 6.08 Å². The van der Waals surface area contributed by atoms with Crippen molar-refractivity contribution in [2.75, 3.05) is 40.5 Å². The molecule has 0 bridgehead atoms. The van der Waals surface area contributed by atoms with Crippen molar-refractivity contribution in [1.29, 1.82) is 0 Å². The van der Waals surface area contributed by atoms with Crippen molar-refractivity contribution in [1.82, 2.24) is 4.98 Å². The molecule has 12 nitrogen and oxygen atoms in total. The molecular formula is C36H29ClN6O6S2. The summed E-state index contributed by atoms with van der Waals surface area (Å²) < 4.78 is 32.6. The van der Waals surface area contributed by atoms with Crippen molar-refractivity contribution in [3.05, 3.63) is 136 Å². The largest absolute Gasteiger partial charge is 0.452 e. The van der Waals surface area contributed by atoms with Gasteiger partial charge < -0.3 is 15.0 Å². The van der Waals surface area contributed by atoms with Crippen LogP contribution in [-0.2, 0) is 24.3 Å². The average Bonchev–Trinajstić information content (AvgIpc) is 3.75. The molecule has 0 unspecified atom stereocenters. The third-order valence-electron chi connectivity index (χ3n) is 7.47. The third kappa shape index (κ3) is 8.32. The van der Waals surface area contributed by atoms with Crippen LogP contribution in [0, 0.1) is 0 Å². The lowest BCUT2D eigenvalue weighted by Crippen LogP contribution is -2.32. The smallest absolute Gasteiger partial charge is 0.338 e. The maximum atomic E-state index is 13.8. The number of halogens is 1. The number of nitrogens with one attached hydrogen (secondary N) is 2. The van der Waals surface area contributed by atoms with Gasteiger partial charge >= 0.3 is 5.97 Å². The lowest BCUT2D eigenvalue weighted by molar-refractivity contribution is -0.119. The van der Waals surface area contributed by atoms with Crippen molar-refractivity contribution in [3.8, 4) is 0 Å². The quantitative estimate of drug-likeness (QED) is 0.119. The van der Waals surface area contributed by atoms with Crippen LogP contribution >= 0.6 is 22.9 Å². The zero-order valence-corrected chi connectivity index (χ0v) is 29.5. The van der Waals surface area contributed by atoms with Gasteiger partial charge in [0.05, 0.1) is 16.1 Å². The first kappa shape index (κ1) is 35.0. The number of esters is 1. The van der Waals surface area contributed by atoms with Gasteiger partial charge in [-0.1, -0.05) is 23.7 Å². The minimum Gasteiger partial charge on any atom is -0.452 e. The molecule has 258 valence electrons. The molecule has 0 atom stereocenters. The number of ether oxygens (including phenoxy) is 1. The average molecular weight is 741 g/mol. The number of hydrogen-bond acceptors (Lipinski definition) is 10. The van der Waals surface area contributed by atoms with Crippen molar-refractivity contribution < 1.29 is 27.5 Å². The number of nitrogens with zero attached hydrogens (tertiary/aromatic N) is 4. The molecule has 4 aromatic carbocycles. The molecule has 1 aliphatic rings. The van der Waals surface area contributed by atoms with Crippen LogP contribution in [0.2, 0.25) is 5.02 Å². The SMILES string of the molecule is CN(C)c1ccc(/C=C2\N=C(c3ccc(Cl)cc3)N(c3ccc(C(=O)OCC(=O)Nc4ccc(S(=O)(=O)Nc5nccs5)cc4)cc3)C2=O)cc1. The Morgan fingerprint density at radius 3 is 2.25 bits per heavy atom. The number of sulfonamides is 1. The van der Waals surface area contributed by atoms with Gasteiger partial charge in [0.15, 0.2) is 11.7 Å². The van der Waals surface area contributed by atoms with Crippen molar-refractivity contribution >= 4 is 84.9 Å². The third-order valence-corrected chi connectivity index (χ3v) is 9.90. The zero-order valence-electron chi connectivity index (χ0n) is 27.1. The van der Waals surface area contributed by atoms with E-state index >= 15 is 0 Å². The molecule has 1 aromatic heterocycles. The number of amides is 2. The van der Waals surface area contributed by atoms with Crippen LogP contribution in [-0.4, -0.2) is 57.7 Å². The molecule has 51 heavy (non-hydrogen) atoms. The second kappa shape index (κ2) is 15.0. The number of anilines is 4. The first-order valence-electron chi connectivity index (χ1n) is 15.2. The van der Waals surface area contributed by atoms with Crippen LogP contribution < -0.4 is 19.8 Å². The van der Waals surface area contributed by atoms with Gasteiger partial charge in [-0.15, -0.1) is 11.3 Å². The number of rotatable bonds is 11. The van der Waals surface area contributed by atoms with Gasteiger partial charge in [-0.3, -0.25) is 19.2 Å². The highest BCUT2D eigenvalue weighted by molar-refractivity contribution is 7.93. The number of amidine groups is 1. The molecule has 0 radical (unpaired) electrons. The molecule has 0 spiro atoms. The van der Waals surface area contributed by atoms with E-state index in [4.69, 9.17) is 16.3 Å².